The number of hydrogen-bond acceptors (Lipinski definition) is 2. The van der Waals surface area contributed by atoms with Crippen LogP contribution in [0.1, 0.15) is 24.0 Å². The van der Waals surface area contributed by atoms with Crippen molar-refractivity contribution < 1.29 is 0 Å². The number of halogens is 2. The van der Waals surface area contributed by atoms with Crippen molar-refractivity contribution in [3.8, 4) is 0 Å². The first kappa shape index (κ1) is 13.1. The number of H-pyrrole nitrogens is 1. The maximum Gasteiger partial charge on any atom is 0.251 e. The monoisotopic (exact) mass is 282 g/mol. The van der Waals surface area contributed by atoms with E-state index in [2.05, 4.69) is 9.97 Å². The molecular weight excluding hydrogens is 271 g/mol. The number of aromatic nitrogens is 2. The Morgan fingerprint density at radius 2 is 1.94 bits per heavy atom. The van der Waals surface area contributed by atoms with Crippen LogP contribution >= 0.6 is 23.2 Å². The third-order valence-corrected chi connectivity index (χ3v) is 3.32. The largest absolute Gasteiger partial charge is 0.310 e. The van der Waals surface area contributed by atoms with Gasteiger partial charge in [-0.3, -0.25) is 4.79 Å². The van der Waals surface area contributed by atoms with Crippen LogP contribution in [0.4, 0.5) is 0 Å². The molecule has 0 radical (unpaired) electrons. The van der Waals surface area contributed by atoms with Crippen LogP contribution in [0.3, 0.4) is 0 Å². The molecule has 1 aromatic carbocycles. The summed E-state index contributed by atoms with van der Waals surface area (Å²) in [5, 5.41) is 1.15. The molecule has 5 heteroatoms. The number of benzene rings is 1. The summed E-state index contributed by atoms with van der Waals surface area (Å²) in [6, 6.07) is 6.82. The minimum atomic E-state index is -0.153. The quantitative estimate of drug-likeness (QED) is 0.940. The van der Waals surface area contributed by atoms with Gasteiger partial charge in [-0.05, 0) is 24.1 Å². The van der Waals surface area contributed by atoms with Gasteiger partial charge in [0.25, 0.3) is 5.56 Å². The van der Waals surface area contributed by atoms with E-state index in [9.17, 15) is 4.79 Å². The van der Waals surface area contributed by atoms with E-state index in [0.29, 0.717) is 28.7 Å². The summed E-state index contributed by atoms with van der Waals surface area (Å²) in [6.45, 7) is 1.95. The van der Waals surface area contributed by atoms with Crippen LogP contribution in [-0.2, 0) is 12.8 Å². The summed E-state index contributed by atoms with van der Waals surface area (Å²) in [4.78, 5) is 18.5. The normalized spacial score (nSPS) is 10.6. The number of nitrogens with one attached hydrogen (secondary N) is 1. The number of aromatic amines is 1. The van der Waals surface area contributed by atoms with Crippen LogP contribution in [0.15, 0.2) is 29.1 Å². The second-order valence-corrected chi connectivity index (χ2v) is 4.73. The molecule has 0 saturated carbocycles. The molecule has 1 heterocycles. The highest BCUT2D eigenvalue weighted by Gasteiger charge is 2.08. The number of hydrogen-bond donors (Lipinski definition) is 1. The summed E-state index contributed by atoms with van der Waals surface area (Å²) in [5.74, 6) is 0.578. The van der Waals surface area contributed by atoms with Gasteiger partial charge < -0.3 is 4.98 Å². The Balaban J connectivity index is 2.40. The average Bonchev–Trinajstić information content (AvgIpc) is 2.33. The standard InChI is InChI=1S/C13H12Cl2N2O/c1-2-8-6-13(18)17-12(16-8)7-9-10(14)4-3-5-11(9)15/h3-6H,2,7H2,1H3,(H,16,17,18). The molecule has 1 aromatic heterocycles. The van der Waals surface area contributed by atoms with Gasteiger partial charge in [-0.1, -0.05) is 36.2 Å². The summed E-state index contributed by atoms with van der Waals surface area (Å²) >= 11 is 12.2. The van der Waals surface area contributed by atoms with Crippen molar-refractivity contribution in [3.63, 3.8) is 0 Å². The fourth-order valence-electron chi connectivity index (χ4n) is 1.70. The van der Waals surface area contributed by atoms with E-state index >= 15 is 0 Å². The lowest BCUT2D eigenvalue weighted by molar-refractivity contribution is 0.888. The lowest BCUT2D eigenvalue weighted by Gasteiger charge is -2.07. The van der Waals surface area contributed by atoms with Gasteiger partial charge in [0.15, 0.2) is 0 Å². The zero-order chi connectivity index (χ0) is 13.1. The smallest absolute Gasteiger partial charge is 0.251 e. The van der Waals surface area contributed by atoms with Crippen LogP contribution < -0.4 is 5.56 Å². The molecule has 0 spiro atoms. The lowest BCUT2D eigenvalue weighted by atomic mass is 10.1. The van der Waals surface area contributed by atoms with E-state index < -0.39 is 0 Å². The fraction of sp³-hybridized carbons (Fsp3) is 0.231. The summed E-state index contributed by atoms with van der Waals surface area (Å²) < 4.78 is 0. The first-order chi connectivity index (χ1) is 8.60. The van der Waals surface area contributed by atoms with Crippen molar-refractivity contribution in [2.75, 3.05) is 0 Å². The molecule has 2 aromatic rings. The van der Waals surface area contributed by atoms with Crippen LogP contribution in [0.25, 0.3) is 0 Å². The van der Waals surface area contributed by atoms with E-state index in [1.807, 2.05) is 6.92 Å². The minimum absolute atomic E-state index is 0.153. The van der Waals surface area contributed by atoms with Crippen LogP contribution in [0.5, 0.6) is 0 Å². The van der Waals surface area contributed by atoms with E-state index in [1.165, 1.54) is 6.07 Å². The highest BCUT2D eigenvalue weighted by atomic mass is 35.5. The minimum Gasteiger partial charge on any atom is -0.310 e. The third kappa shape index (κ3) is 2.92. The molecule has 0 amide bonds. The highest BCUT2D eigenvalue weighted by molar-refractivity contribution is 6.36. The molecule has 3 nitrogen and oxygen atoms in total. The molecule has 0 fully saturated rings. The Morgan fingerprint density at radius 3 is 2.56 bits per heavy atom. The van der Waals surface area contributed by atoms with Crippen LogP contribution in [0, 0.1) is 0 Å². The van der Waals surface area contributed by atoms with Gasteiger partial charge in [0.1, 0.15) is 5.82 Å². The van der Waals surface area contributed by atoms with Crippen molar-refractivity contribution in [1.29, 1.82) is 0 Å². The van der Waals surface area contributed by atoms with E-state index in [1.54, 1.807) is 18.2 Å². The van der Waals surface area contributed by atoms with Crippen molar-refractivity contribution in [1.82, 2.24) is 9.97 Å². The number of aryl methyl sites for hydroxylation is 1. The Hall–Kier alpha value is -1.32. The van der Waals surface area contributed by atoms with Gasteiger partial charge in [0, 0.05) is 28.2 Å². The zero-order valence-electron chi connectivity index (χ0n) is 9.84. The average molecular weight is 283 g/mol. The van der Waals surface area contributed by atoms with Gasteiger partial charge >= 0.3 is 0 Å². The first-order valence-corrected chi connectivity index (χ1v) is 6.37. The molecule has 0 aliphatic carbocycles. The second-order valence-electron chi connectivity index (χ2n) is 3.91. The van der Waals surface area contributed by atoms with E-state index in [4.69, 9.17) is 23.2 Å². The Kier molecular flexibility index (Phi) is 4.04. The molecule has 0 aliphatic heterocycles. The highest BCUT2D eigenvalue weighted by Crippen LogP contribution is 2.25. The Bertz CT molecular complexity index is 602. The van der Waals surface area contributed by atoms with Crippen LogP contribution in [0.2, 0.25) is 10.0 Å². The number of nitrogens with zero attached hydrogens (tertiary/aromatic N) is 1. The lowest BCUT2D eigenvalue weighted by Crippen LogP contribution is -2.13. The molecule has 94 valence electrons. The SMILES string of the molecule is CCc1cc(=O)[nH]c(Cc2c(Cl)cccc2Cl)n1. The maximum absolute atomic E-state index is 11.5. The zero-order valence-corrected chi connectivity index (χ0v) is 11.3. The third-order valence-electron chi connectivity index (χ3n) is 2.61. The van der Waals surface area contributed by atoms with Gasteiger partial charge in [0.2, 0.25) is 0 Å². The first-order valence-electron chi connectivity index (χ1n) is 5.62. The second kappa shape index (κ2) is 5.55. The van der Waals surface area contributed by atoms with Crippen LogP contribution in [-0.4, -0.2) is 9.97 Å². The fourth-order valence-corrected chi connectivity index (χ4v) is 2.23. The molecule has 0 bridgehead atoms. The molecule has 0 atom stereocenters. The topological polar surface area (TPSA) is 45.8 Å². The van der Waals surface area contributed by atoms with Gasteiger partial charge in [0.05, 0.1) is 0 Å². The molecule has 1 N–H and O–H groups in total. The van der Waals surface area contributed by atoms with Crippen molar-refractivity contribution in [2.45, 2.75) is 19.8 Å². The molecule has 0 unspecified atom stereocenters. The predicted molar refractivity (Wildman–Crippen MR) is 73.5 cm³/mol. The van der Waals surface area contributed by atoms with Gasteiger partial charge in [-0.25, -0.2) is 4.98 Å². The van der Waals surface area contributed by atoms with Gasteiger partial charge in [-0.15, -0.1) is 0 Å². The number of rotatable bonds is 3. The summed E-state index contributed by atoms with van der Waals surface area (Å²) in [5.41, 5.74) is 1.38. The molecular formula is C13H12Cl2N2O. The van der Waals surface area contributed by atoms with Crippen molar-refractivity contribution in [2.24, 2.45) is 0 Å². The molecule has 18 heavy (non-hydrogen) atoms. The van der Waals surface area contributed by atoms with Crippen molar-refractivity contribution >= 4 is 23.2 Å². The molecule has 2 rings (SSSR count). The molecule has 0 aliphatic rings. The van der Waals surface area contributed by atoms with Crippen molar-refractivity contribution in [3.05, 3.63) is 61.7 Å². The predicted octanol–water partition coefficient (Wildman–Crippen LogP) is 3.23. The molecule has 0 saturated heterocycles. The Morgan fingerprint density at radius 1 is 1.28 bits per heavy atom. The van der Waals surface area contributed by atoms with Gasteiger partial charge in [-0.2, -0.15) is 0 Å². The maximum atomic E-state index is 11.5. The summed E-state index contributed by atoms with van der Waals surface area (Å²) in [6.07, 6.45) is 1.13. The van der Waals surface area contributed by atoms with E-state index in [-0.39, 0.29) is 5.56 Å². The Labute approximate surface area is 115 Å². The summed E-state index contributed by atoms with van der Waals surface area (Å²) in [7, 11) is 0. The van der Waals surface area contributed by atoms with E-state index in [0.717, 1.165) is 11.3 Å².